The summed E-state index contributed by atoms with van der Waals surface area (Å²) < 4.78 is 12.1. The number of benzene rings is 3. The van der Waals surface area contributed by atoms with Crippen LogP contribution in [-0.4, -0.2) is 35.4 Å². The van der Waals surface area contributed by atoms with Gasteiger partial charge in [0, 0.05) is 6.07 Å². The summed E-state index contributed by atoms with van der Waals surface area (Å²) in [6.45, 7) is 0. The first-order valence-corrected chi connectivity index (χ1v) is 10.8. The third-order valence-electron chi connectivity index (χ3n) is 4.77. The fourth-order valence-corrected chi connectivity index (χ4v) is 4.05. The van der Waals surface area contributed by atoms with Crippen LogP contribution >= 0.6 is 11.8 Å². The van der Waals surface area contributed by atoms with E-state index in [2.05, 4.69) is 10.3 Å². The van der Waals surface area contributed by atoms with Gasteiger partial charge >= 0.3 is 0 Å². The molecule has 0 bridgehead atoms. The minimum absolute atomic E-state index is 0.0535. The molecule has 7 nitrogen and oxygen atoms in total. The van der Waals surface area contributed by atoms with Crippen molar-refractivity contribution in [2.45, 2.75) is 5.16 Å². The Morgan fingerprint density at radius 2 is 1.75 bits per heavy atom. The van der Waals surface area contributed by atoms with Gasteiger partial charge in [0.1, 0.15) is 11.5 Å². The van der Waals surface area contributed by atoms with Crippen molar-refractivity contribution in [2.24, 2.45) is 0 Å². The lowest BCUT2D eigenvalue weighted by Gasteiger charge is -2.14. The largest absolute Gasteiger partial charge is 0.497 e. The number of ether oxygens (including phenoxy) is 2. The first-order chi connectivity index (χ1) is 15.6. The maximum atomic E-state index is 13.2. The van der Waals surface area contributed by atoms with Crippen LogP contribution in [0.15, 0.2) is 82.7 Å². The summed E-state index contributed by atoms with van der Waals surface area (Å²) >= 11 is 1.19. The number of hydrogen-bond donors (Lipinski definition) is 1. The van der Waals surface area contributed by atoms with Crippen LogP contribution in [0.5, 0.6) is 11.5 Å². The van der Waals surface area contributed by atoms with Crippen LogP contribution < -0.4 is 20.3 Å². The number of rotatable bonds is 7. The highest BCUT2D eigenvalue weighted by atomic mass is 32.2. The third kappa shape index (κ3) is 4.45. The minimum Gasteiger partial charge on any atom is -0.497 e. The Balaban J connectivity index is 1.63. The van der Waals surface area contributed by atoms with Gasteiger partial charge < -0.3 is 14.8 Å². The van der Waals surface area contributed by atoms with Gasteiger partial charge in [0.2, 0.25) is 5.91 Å². The molecule has 0 atom stereocenters. The van der Waals surface area contributed by atoms with Crippen LogP contribution in [-0.2, 0) is 4.79 Å². The Labute approximate surface area is 189 Å². The number of methoxy groups -OCH3 is 2. The molecule has 0 saturated heterocycles. The number of aromatic nitrogens is 2. The number of nitrogens with one attached hydrogen (secondary N) is 1. The van der Waals surface area contributed by atoms with E-state index in [9.17, 15) is 9.59 Å². The Kier molecular flexibility index (Phi) is 6.42. The molecule has 0 unspecified atom stereocenters. The SMILES string of the molecule is COc1ccc(OC)c(NC(=O)CSc2nc3ccccc3c(=O)n2-c2ccccc2)c1. The molecule has 0 aliphatic heterocycles. The number of nitrogens with zero attached hydrogens (tertiary/aromatic N) is 2. The van der Waals surface area contributed by atoms with Crippen molar-refractivity contribution < 1.29 is 14.3 Å². The predicted molar refractivity (Wildman–Crippen MR) is 126 cm³/mol. The molecule has 4 rings (SSSR count). The molecular formula is C24H21N3O4S. The van der Waals surface area contributed by atoms with E-state index in [4.69, 9.17) is 9.47 Å². The first kappa shape index (κ1) is 21.5. The van der Waals surface area contributed by atoms with Crippen LogP contribution in [0.1, 0.15) is 0 Å². The van der Waals surface area contributed by atoms with E-state index in [1.54, 1.807) is 37.4 Å². The predicted octanol–water partition coefficient (Wildman–Crippen LogP) is 4.13. The molecule has 0 aliphatic carbocycles. The smallest absolute Gasteiger partial charge is 0.266 e. The monoisotopic (exact) mass is 447 g/mol. The lowest BCUT2D eigenvalue weighted by molar-refractivity contribution is -0.113. The molecular weight excluding hydrogens is 426 g/mol. The van der Waals surface area contributed by atoms with E-state index < -0.39 is 0 Å². The highest BCUT2D eigenvalue weighted by Gasteiger charge is 2.16. The summed E-state index contributed by atoms with van der Waals surface area (Å²) in [4.78, 5) is 30.6. The van der Waals surface area contributed by atoms with Crippen LogP contribution in [0.2, 0.25) is 0 Å². The zero-order valence-electron chi connectivity index (χ0n) is 17.6. The Morgan fingerprint density at radius 1 is 1.00 bits per heavy atom. The fourth-order valence-electron chi connectivity index (χ4n) is 3.24. The van der Waals surface area contributed by atoms with Crippen molar-refractivity contribution in [2.75, 3.05) is 25.3 Å². The second-order valence-electron chi connectivity index (χ2n) is 6.79. The Bertz CT molecular complexity index is 1320. The molecule has 0 fully saturated rings. The number of hydrogen-bond acceptors (Lipinski definition) is 6. The lowest BCUT2D eigenvalue weighted by Crippen LogP contribution is -2.23. The minimum atomic E-state index is -0.261. The van der Waals surface area contributed by atoms with E-state index in [1.165, 1.54) is 23.4 Å². The number of anilines is 1. The molecule has 162 valence electrons. The van der Waals surface area contributed by atoms with Crippen LogP contribution in [0.3, 0.4) is 0 Å². The highest BCUT2D eigenvalue weighted by molar-refractivity contribution is 7.99. The van der Waals surface area contributed by atoms with Gasteiger partial charge in [-0.3, -0.25) is 14.2 Å². The molecule has 1 heterocycles. The summed E-state index contributed by atoms with van der Waals surface area (Å²) in [5, 5.41) is 3.79. The first-order valence-electron chi connectivity index (χ1n) is 9.82. The summed E-state index contributed by atoms with van der Waals surface area (Å²) in [5.74, 6) is 0.915. The van der Waals surface area contributed by atoms with Gasteiger partial charge in [-0.15, -0.1) is 0 Å². The van der Waals surface area contributed by atoms with Crippen molar-refractivity contribution >= 4 is 34.3 Å². The summed E-state index contributed by atoms with van der Waals surface area (Å²) in [6, 6.07) is 21.6. The standard InChI is InChI=1S/C24H21N3O4S/c1-30-17-12-13-21(31-2)20(14-17)25-22(28)15-32-24-26-19-11-7-6-10-18(19)23(29)27(24)16-8-4-3-5-9-16/h3-14H,15H2,1-2H3,(H,25,28). The Morgan fingerprint density at radius 3 is 2.50 bits per heavy atom. The molecule has 1 aromatic heterocycles. The quantitative estimate of drug-likeness (QED) is 0.339. The van der Waals surface area contributed by atoms with Gasteiger partial charge in [-0.1, -0.05) is 42.1 Å². The average Bonchev–Trinajstić information content (AvgIpc) is 2.83. The Hall–Kier alpha value is -3.78. The lowest BCUT2D eigenvalue weighted by atomic mass is 10.2. The summed E-state index contributed by atoms with van der Waals surface area (Å²) in [7, 11) is 3.08. The van der Waals surface area contributed by atoms with E-state index >= 15 is 0 Å². The van der Waals surface area contributed by atoms with E-state index in [1.807, 2.05) is 42.5 Å². The molecule has 32 heavy (non-hydrogen) atoms. The van der Waals surface area contributed by atoms with Crippen molar-refractivity contribution in [3.8, 4) is 17.2 Å². The normalized spacial score (nSPS) is 10.7. The van der Waals surface area contributed by atoms with Gasteiger partial charge in [-0.05, 0) is 36.4 Å². The third-order valence-corrected chi connectivity index (χ3v) is 5.71. The zero-order valence-corrected chi connectivity index (χ0v) is 18.4. The molecule has 1 N–H and O–H groups in total. The fraction of sp³-hybridized carbons (Fsp3) is 0.125. The van der Waals surface area contributed by atoms with Crippen LogP contribution in [0.4, 0.5) is 5.69 Å². The van der Waals surface area contributed by atoms with Gasteiger partial charge in [0.25, 0.3) is 5.56 Å². The topological polar surface area (TPSA) is 82.5 Å². The van der Waals surface area contributed by atoms with Crippen molar-refractivity contribution in [1.29, 1.82) is 0 Å². The highest BCUT2D eigenvalue weighted by Crippen LogP contribution is 2.29. The van der Waals surface area contributed by atoms with Gasteiger partial charge in [-0.2, -0.15) is 0 Å². The van der Waals surface area contributed by atoms with Gasteiger partial charge in [0.05, 0.1) is 42.3 Å². The number of carbonyl (C=O) groups is 1. The maximum Gasteiger partial charge on any atom is 0.266 e. The number of thioether (sulfide) groups is 1. The molecule has 4 aromatic rings. The number of para-hydroxylation sites is 2. The molecule has 8 heteroatoms. The maximum absolute atomic E-state index is 13.2. The molecule has 0 spiro atoms. The summed E-state index contributed by atoms with van der Waals surface area (Å²) in [5.41, 5.74) is 1.60. The number of carbonyl (C=O) groups excluding carboxylic acids is 1. The van der Waals surface area contributed by atoms with E-state index in [0.29, 0.717) is 38.9 Å². The number of fused-ring (bicyclic) bond motifs is 1. The van der Waals surface area contributed by atoms with Gasteiger partial charge in [0.15, 0.2) is 5.16 Å². The zero-order chi connectivity index (χ0) is 22.5. The van der Waals surface area contributed by atoms with Gasteiger partial charge in [-0.25, -0.2) is 4.98 Å². The van der Waals surface area contributed by atoms with Crippen LogP contribution in [0, 0.1) is 0 Å². The second kappa shape index (κ2) is 9.57. The number of amides is 1. The average molecular weight is 448 g/mol. The second-order valence-corrected chi connectivity index (χ2v) is 7.73. The van der Waals surface area contributed by atoms with Crippen molar-refractivity contribution in [3.05, 3.63) is 83.2 Å². The van der Waals surface area contributed by atoms with E-state index in [-0.39, 0.29) is 17.2 Å². The van der Waals surface area contributed by atoms with Crippen molar-refractivity contribution in [3.63, 3.8) is 0 Å². The van der Waals surface area contributed by atoms with E-state index in [0.717, 1.165) is 0 Å². The van der Waals surface area contributed by atoms with Crippen molar-refractivity contribution in [1.82, 2.24) is 9.55 Å². The molecule has 3 aromatic carbocycles. The molecule has 1 amide bonds. The summed E-state index contributed by atoms with van der Waals surface area (Å²) in [6.07, 6.45) is 0. The molecule has 0 saturated carbocycles. The molecule has 0 radical (unpaired) electrons. The van der Waals surface area contributed by atoms with Crippen LogP contribution in [0.25, 0.3) is 16.6 Å². The molecule has 0 aliphatic rings.